The zero-order chi connectivity index (χ0) is 20.1. The van der Waals surface area contributed by atoms with Gasteiger partial charge in [-0.2, -0.15) is 0 Å². The Morgan fingerprint density at radius 1 is 1.25 bits per heavy atom. The van der Waals surface area contributed by atoms with Gasteiger partial charge in [-0.3, -0.25) is 4.79 Å². The predicted octanol–water partition coefficient (Wildman–Crippen LogP) is 2.41. The lowest BCUT2D eigenvalue weighted by molar-refractivity contribution is -0.133. The summed E-state index contributed by atoms with van der Waals surface area (Å²) in [5, 5.41) is 3.10. The van der Waals surface area contributed by atoms with E-state index in [9.17, 15) is 9.59 Å². The van der Waals surface area contributed by atoms with Gasteiger partial charge in [0.2, 0.25) is 5.91 Å². The fourth-order valence-electron chi connectivity index (χ4n) is 4.65. The van der Waals surface area contributed by atoms with E-state index in [0.29, 0.717) is 13.0 Å². The van der Waals surface area contributed by atoms with Gasteiger partial charge < -0.3 is 15.1 Å². The lowest BCUT2D eigenvalue weighted by atomic mass is 9.93. The van der Waals surface area contributed by atoms with Gasteiger partial charge in [0.1, 0.15) is 5.82 Å². The summed E-state index contributed by atoms with van der Waals surface area (Å²) in [4.78, 5) is 38.1. The molecule has 3 aliphatic heterocycles. The number of likely N-dealkylation sites (tertiary alicyclic amines) is 1. The molecule has 2 saturated heterocycles. The summed E-state index contributed by atoms with van der Waals surface area (Å²) >= 11 is 0. The summed E-state index contributed by atoms with van der Waals surface area (Å²) in [6.07, 6.45) is 6.18. The molecular formula is C21H31N5O2. The van der Waals surface area contributed by atoms with Gasteiger partial charge in [-0.15, -0.1) is 0 Å². The van der Waals surface area contributed by atoms with Gasteiger partial charge in [0.25, 0.3) is 0 Å². The second kappa shape index (κ2) is 7.01. The number of urea groups is 1. The quantitative estimate of drug-likeness (QED) is 0.848. The molecule has 4 rings (SSSR count). The van der Waals surface area contributed by atoms with Crippen LogP contribution in [0.5, 0.6) is 0 Å². The van der Waals surface area contributed by atoms with Crippen molar-refractivity contribution >= 4 is 11.9 Å². The van der Waals surface area contributed by atoms with Gasteiger partial charge >= 0.3 is 6.03 Å². The Morgan fingerprint density at radius 3 is 2.75 bits per heavy atom. The van der Waals surface area contributed by atoms with Gasteiger partial charge in [0, 0.05) is 56.2 Å². The molecule has 3 unspecified atom stereocenters. The molecule has 0 saturated carbocycles. The molecule has 152 valence electrons. The number of nitrogens with one attached hydrogen (secondary N) is 1. The maximum absolute atomic E-state index is 13.0. The first-order chi connectivity index (χ1) is 13.2. The number of piperidine rings is 1. The lowest BCUT2D eigenvalue weighted by Crippen LogP contribution is -2.49. The number of rotatable bonds is 2. The van der Waals surface area contributed by atoms with Crippen molar-refractivity contribution in [1.82, 2.24) is 25.1 Å². The molecule has 7 nitrogen and oxygen atoms in total. The van der Waals surface area contributed by atoms with Crippen molar-refractivity contribution in [3.8, 4) is 0 Å². The van der Waals surface area contributed by atoms with E-state index in [4.69, 9.17) is 4.98 Å². The van der Waals surface area contributed by atoms with E-state index in [1.165, 1.54) is 0 Å². The van der Waals surface area contributed by atoms with Crippen LogP contribution in [0.4, 0.5) is 4.79 Å². The lowest BCUT2D eigenvalue weighted by Gasteiger charge is -2.36. The van der Waals surface area contributed by atoms with Gasteiger partial charge in [0.15, 0.2) is 0 Å². The van der Waals surface area contributed by atoms with Crippen molar-refractivity contribution < 1.29 is 9.59 Å². The second-order valence-corrected chi connectivity index (χ2v) is 9.56. The summed E-state index contributed by atoms with van der Waals surface area (Å²) < 4.78 is 0. The molecule has 7 heteroatoms. The topological polar surface area (TPSA) is 78.4 Å². The smallest absolute Gasteiger partial charge is 0.318 e. The summed E-state index contributed by atoms with van der Waals surface area (Å²) in [5.74, 6) is 1.28. The van der Waals surface area contributed by atoms with Gasteiger partial charge in [-0.25, -0.2) is 14.8 Å². The van der Waals surface area contributed by atoms with Gasteiger partial charge in [-0.05, 0) is 25.2 Å². The number of hydrogen-bond donors (Lipinski definition) is 1. The Hall–Kier alpha value is -2.18. The van der Waals surface area contributed by atoms with Crippen molar-refractivity contribution in [1.29, 1.82) is 0 Å². The Balaban J connectivity index is 1.44. The van der Waals surface area contributed by atoms with Crippen LogP contribution in [0.2, 0.25) is 0 Å². The molecule has 0 spiro atoms. The number of amides is 3. The number of aromatic nitrogens is 2. The summed E-state index contributed by atoms with van der Waals surface area (Å²) in [7, 11) is 1.84. The Morgan fingerprint density at radius 2 is 2.04 bits per heavy atom. The SMILES string of the molecule is CN1CCC(CNC(=O)N2C3CCC2c2cnc(C(C)(C)C)nc2C3)CC1=O. The number of hydrogen-bond acceptors (Lipinski definition) is 4. The third kappa shape index (κ3) is 3.47. The standard InChI is InChI=1S/C21H31N5O2/c1-21(2,3)19-22-12-15-16(24-19)10-14-5-6-17(15)26(14)20(28)23-11-13-7-8-25(4)18(27)9-13/h12-14,17H,5-11H2,1-4H3,(H,23,28). The number of carbonyl (C=O) groups excluding carboxylic acids is 2. The summed E-state index contributed by atoms with van der Waals surface area (Å²) in [5.41, 5.74) is 2.14. The van der Waals surface area contributed by atoms with Crippen LogP contribution in [0.1, 0.15) is 69.6 Å². The molecule has 2 bridgehead atoms. The fraction of sp³-hybridized carbons (Fsp3) is 0.714. The molecule has 3 aliphatic rings. The van der Waals surface area contributed by atoms with Crippen LogP contribution in [0.3, 0.4) is 0 Å². The number of fused-ring (bicyclic) bond motifs is 4. The Kier molecular flexibility index (Phi) is 4.79. The highest BCUT2D eigenvalue weighted by molar-refractivity contribution is 5.78. The third-order valence-electron chi connectivity index (χ3n) is 6.40. The zero-order valence-electron chi connectivity index (χ0n) is 17.4. The van der Waals surface area contributed by atoms with Crippen molar-refractivity contribution in [2.24, 2.45) is 5.92 Å². The van der Waals surface area contributed by atoms with Crippen LogP contribution in [0.15, 0.2) is 6.20 Å². The summed E-state index contributed by atoms with van der Waals surface area (Å²) in [6, 6.07) is 0.269. The molecule has 1 aromatic rings. The molecular weight excluding hydrogens is 354 g/mol. The van der Waals surface area contributed by atoms with E-state index < -0.39 is 0 Å². The predicted molar refractivity (Wildman–Crippen MR) is 106 cm³/mol. The molecule has 3 amide bonds. The van der Waals surface area contributed by atoms with Crippen LogP contribution in [-0.2, 0) is 16.6 Å². The van der Waals surface area contributed by atoms with E-state index in [0.717, 1.165) is 49.3 Å². The highest BCUT2D eigenvalue weighted by atomic mass is 16.2. The molecule has 3 atom stereocenters. The largest absolute Gasteiger partial charge is 0.346 e. The zero-order valence-corrected chi connectivity index (χ0v) is 17.4. The first-order valence-electron chi connectivity index (χ1n) is 10.4. The van der Waals surface area contributed by atoms with E-state index in [1.807, 2.05) is 18.1 Å². The van der Waals surface area contributed by atoms with Gasteiger partial charge in [0.05, 0.1) is 11.7 Å². The molecule has 4 heterocycles. The first-order valence-corrected chi connectivity index (χ1v) is 10.4. The summed E-state index contributed by atoms with van der Waals surface area (Å²) in [6.45, 7) is 7.72. The molecule has 2 fully saturated rings. The van der Waals surface area contributed by atoms with Crippen LogP contribution >= 0.6 is 0 Å². The van der Waals surface area contributed by atoms with Crippen LogP contribution in [0, 0.1) is 5.92 Å². The normalized spacial score (nSPS) is 27.0. The fourth-order valence-corrected chi connectivity index (χ4v) is 4.65. The van der Waals surface area contributed by atoms with E-state index in [-0.39, 0.29) is 35.4 Å². The average Bonchev–Trinajstić information content (AvgIpc) is 2.96. The average molecular weight is 386 g/mol. The maximum Gasteiger partial charge on any atom is 0.318 e. The highest BCUT2D eigenvalue weighted by Crippen LogP contribution is 2.43. The minimum absolute atomic E-state index is 0.00979. The van der Waals surface area contributed by atoms with Crippen LogP contribution in [0.25, 0.3) is 0 Å². The monoisotopic (exact) mass is 385 g/mol. The van der Waals surface area contributed by atoms with Crippen molar-refractivity contribution in [3.05, 3.63) is 23.3 Å². The van der Waals surface area contributed by atoms with E-state index in [1.54, 1.807) is 4.90 Å². The maximum atomic E-state index is 13.0. The van der Waals surface area contributed by atoms with Crippen molar-refractivity contribution in [2.75, 3.05) is 20.1 Å². The molecule has 0 radical (unpaired) electrons. The molecule has 1 N–H and O–H groups in total. The molecule has 0 aromatic carbocycles. The first kappa shape index (κ1) is 19.2. The van der Waals surface area contributed by atoms with Crippen LogP contribution in [-0.4, -0.2) is 57.9 Å². The van der Waals surface area contributed by atoms with Crippen molar-refractivity contribution in [2.45, 2.75) is 70.4 Å². The molecule has 28 heavy (non-hydrogen) atoms. The second-order valence-electron chi connectivity index (χ2n) is 9.56. The van der Waals surface area contributed by atoms with Crippen LogP contribution < -0.4 is 5.32 Å². The number of nitrogens with zero attached hydrogens (tertiary/aromatic N) is 4. The van der Waals surface area contributed by atoms with Crippen molar-refractivity contribution in [3.63, 3.8) is 0 Å². The Bertz CT molecular complexity index is 787. The minimum atomic E-state index is -0.0753. The highest BCUT2D eigenvalue weighted by Gasteiger charge is 2.44. The van der Waals surface area contributed by atoms with E-state index >= 15 is 0 Å². The molecule has 1 aromatic heterocycles. The Labute approximate surface area is 166 Å². The molecule has 0 aliphatic carbocycles. The van der Waals surface area contributed by atoms with Gasteiger partial charge in [-0.1, -0.05) is 20.8 Å². The number of carbonyl (C=O) groups is 2. The van der Waals surface area contributed by atoms with E-state index in [2.05, 4.69) is 31.1 Å². The minimum Gasteiger partial charge on any atom is -0.346 e. The third-order valence-corrected chi connectivity index (χ3v) is 6.40.